The van der Waals surface area contributed by atoms with Gasteiger partial charge in [-0.25, -0.2) is 0 Å². The number of piperidine rings is 1. The van der Waals surface area contributed by atoms with Crippen molar-refractivity contribution in [3.8, 4) is 0 Å². The number of likely N-dealkylation sites (tertiary alicyclic amines) is 1. The van der Waals surface area contributed by atoms with Crippen LogP contribution >= 0.6 is 0 Å². The highest BCUT2D eigenvalue weighted by atomic mass is 16.5. The predicted octanol–water partition coefficient (Wildman–Crippen LogP) is 1.03. The molecule has 2 heterocycles. The highest BCUT2D eigenvalue weighted by Crippen LogP contribution is 2.18. The minimum absolute atomic E-state index is 0.0442. The summed E-state index contributed by atoms with van der Waals surface area (Å²) in [6.07, 6.45) is 4.13. The Morgan fingerprint density at radius 1 is 1.65 bits per heavy atom. The fourth-order valence-corrected chi connectivity index (χ4v) is 2.69. The van der Waals surface area contributed by atoms with Gasteiger partial charge in [0.1, 0.15) is 5.69 Å². The maximum atomic E-state index is 8.69. The van der Waals surface area contributed by atoms with Gasteiger partial charge in [0.05, 0.1) is 6.61 Å². The van der Waals surface area contributed by atoms with E-state index in [1.54, 1.807) is 13.3 Å². The first-order valence-corrected chi connectivity index (χ1v) is 6.87. The van der Waals surface area contributed by atoms with E-state index in [4.69, 9.17) is 15.7 Å². The van der Waals surface area contributed by atoms with Gasteiger partial charge in [0.2, 0.25) is 0 Å². The Morgan fingerprint density at radius 2 is 2.50 bits per heavy atom. The highest BCUT2D eigenvalue weighted by Gasteiger charge is 2.19. The van der Waals surface area contributed by atoms with E-state index in [9.17, 15) is 0 Å². The zero-order valence-electron chi connectivity index (χ0n) is 11.8. The van der Waals surface area contributed by atoms with Crippen LogP contribution in [-0.2, 0) is 11.3 Å². The summed E-state index contributed by atoms with van der Waals surface area (Å²) in [7, 11) is 1.76. The van der Waals surface area contributed by atoms with Gasteiger partial charge in [0.15, 0.2) is 5.84 Å². The summed E-state index contributed by atoms with van der Waals surface area (Å²) in [6.45, 7) is 3.83. The van der Waals surface area contributed by atoms with Gasteiger partial charge < -0.3 is 15.7 Å². The zero-order valence-corrected chi connectivity index (χ0v) is 11.8. The van der Waals surface area contributed by atoms with Crippen molar-refractivity contribution in [3.63, 3.8) is 0 Å². The summed E-state index contributed by atoms with van der Waals surface area (Å²) in [6, 6.07) is 3.84. The third kappa shape index (κ3) is 3.91. The number of nitrogens with zero attached hydrogens (tertiary/aromatic N) is 3. The molecule has 6 heteroatoms. The minimum atomic E-state index is 0.0442. The number of aromatic nitrogens is 1. The number of hydrogen-bond donors (Lipinski definition) is 2. The molecule has 0 amide bonds. The van der Waals surface area contributed by atoms with Crippen LogP contribution in [-0.4, -0.2) is 47.7 Å². The molecule has 20 heavy (non-hydrogen) atoms. The Bertz CT molecular complexity index is 462. The van der Waals surface area contributed by atoms with Crippen molar-refractivity contribution in [2.75, 3.05) is 26.8 Å². The molecule has 0 bridgehead atoms. The Hall–Kier alpha value is -1.66. The maximum Gasteiger partial charge on any atom is 0.188 e. The van der Waals surface area contributed by atoms with Gasteiger partial charge in [0, 0.05) is 26.4 Å². The lowest BCUT2D eigenvalue weighted by molar-refractivity contribution is 0.0873. The molecule has 1 fully saturated rings. The number of hydrogen-bond acceptors (Lipinski definition) is 5. The van der Waals surface area contributed by atoms with Crippen LogP contribution in [0.5, 0.6) is 0 Å². The van der Waals surface area contributed by atoms with E-state index in [0.717, 1.165) is 31.8 Å². The van der Waals surface area contributed by atoms with E-state index < -0.39 is 0 Å². The third-order valence-electron chi connectivity index (χ3n) is 3.61. The van der Waals surface area contributed by atoms with Gasteiger partial charge in [-0.3, -0.25) is 9.88 Å². The van der Waals surface area contributed by atoms with Gasteiger partial charge in [-0.15, -0.1) is 0 Å². The van der Waals surface area contributed by atoms with Crippen molar-refractivity contribution in [2.45, 2.75) is 19.4 Å². The van der Waals surface area contributed by atoms with Crippen molar-refractivity contribution in [1.82, 2.24) is 9.88 Å². The van der Waals surface area contributed by atoms with Gasteiger partial charge >= 0.3 is 0 Å². The van der Waals surface area contributed by atoms with Crippen molar-refractivity contribution in [1.29, 1.82) is 0 Å². The lowest BCUT2D eigenvalue weighted by atomic mass is 9.98. The SMILES string of the molecule is COCC1CCCN(Cc2ccnc(/C(N)=N/O)c2)C1. The number of oxime groups is 1. The standard InChI is InChI=1S/C14H22N4O2/c1-20-10-12-3-2-6-18(9-12)8-11-4-5-16-13(7-11)14(15)17-19/h4-5,7,12,19H,2-3,6,8-10H2,1H3,(H2,15,17). The number of ether oxygens (including phenoxy) is 1. The lowest BCUT2D eigenvalue weighted by Crippen LogP contribution is -2.36. The lowest BCUT2D eigenvalue weighted by Gasteiger charge is -2.32. The topological polar surface area (TPSA) is 84.0 Å². The predicted molar refractivity (Wildman–Crippen MR) is 76.6 cm³/mol. The molecule has 3 N–H and O–H groups in total. The van der Waals surface area contributed by atoms with Crippen molar-refractivity contribution in [3.05, 3.63) is 29.6 Å². The summed E-state index contributed by atoms with van der Waals surface area (Å²) < 4.78 is 5.25. The molecule has 0 radical (unpaired) electrons. The highest BCUT2D eigenvalue weighted by molar-refractivity contribution is 5.95. The van der Waals surface area contributed by atoms with E-state index in [1.807, 2.05) is 12.1 Å². The zero-order chi connectivity index (χ0) is 14.4. The molecule has 0 spiro atoms. The second-order valence-electron chi connectivity index (χ2n) is 5.23. The van der Waals surface area contributed by atoms with Gasteiger partial charge in [-0.2, -0.15) is 0 Å². The smallest absolute Gasteiger partial charge is 0.188 e. The van der Waals surface area contributed by atoms with Crippen LogP contribution in [0.15, 0.2) is 23.5 Å². The summed E-state index contributed by atoms with van der Waals surface area (Å²) in [5, 5.41) is 11.7. The van der Waals surface area contributed by atoms with Crippen LogP contribution in [0.2, 0.25) is 0 Å². The molecular formula is C14H22N4O2. The van der Waals surface area contributed by atoms with Gasteiger partial charge in [-0.1, -0.05) is 5.16 Å². The molecule has 1 aliphatic heterocycles. The molecule has 1 saturated heterocycles. The molecule has 1 unspecified atom stereocenters. The maximum absolute atomic E-state index is 8.69. The van der Waals surface area contributed by atoms with Gasteiger partial charge in [0.25, 0.3) is 0 Å². The van der Waals surface area contributed by atoms with Crippen LogP contribution in [0.25, 0.3) is 0 Å². The first kappa shape index (κ1) is 14.7. The Morgan fingerprint density at radius 3 is 3.25 bits per heavy atom. The van der Waals surface area contributed by atoms with Gasteiger partial charge in [-0.05, 0) is 43.0 Å². The molecule has 0 aliphatic carbocycles. The van der Waals surface area contributed by atoms with Crippen LogP contribution in [0, 0.1) is 5.92 Å². The molecule has 2 rings (SSSR count). The average molecular weight is 278 g/mol. The number of pyridine rings is 1. The molecule has 0 aromatic carbocycles. The quantitative estimate of drug-likeness (QED) is 0.364. The van der Waals surface area contributed by atoms with Crippen LogP contribution in [0.4, 0.5) is 0 Å². The van der Waals surface area contributed by atoms with Crippen LogP contribution in [0.3, 0.4) is 0 Å². The van der Waals surface area contributed by atoms with E-state index in [1.165, 1.54) is 12.8 Å². The van der Waals surface area contributed by atoms with E-state index >= 15 is 0 Å². The monoisotopic (exact) mass is 278 g/mol. The third-order valence-corrected chi connectivity index (χ3v) is 3.61. The number of methoxy groups -OCH3 is 1. The van der Waals surface area contributed by atoms with Crippen LogP contribution < -0.4 is 5.73 Å². The molecule has 1 aliphatic rings. The second kappa shape index (κ2) is 7.21. The Kier molecular flexibility index (Phi) is 5.31. The van der Waals surface area contributed by atoms with E-state index in [0.29, 0.717) is 11.6 Å². The summed E-state index contributed by atoms with van der Waals surface area (Å²) >= 11 is 0. The average Bonchev–Trinajstić information content (AvgIpc) is 2.47. The molecule has 110 valence electrons. The first-order valence-electron chi connectivity index (χ1n) is 6.87. The molecule has 0 saturated carbocycles. The fourth-order valence-electron chi connectivity index (χ4n) is 2.69. The Labute approximate surface area is 119 Å². The Balaban J connectivity index is 1.99. The summed E-state index contributed by atoms with van der Waals surface area (Å²) in [5.74, 6) is 0.655. The molecular weight excluding hydrogens is 256 g/mol. The van der Waals surface area contributed by atoms with Crippen molar-refractivity contribution < 1.29 is 9.94 Å². The van der Waals surface area contributed by atoms with E-state index in [2.05, 4.69) is 15.0 Å². The summed E-state index contributed by atoms with van der Waals surface area (Å²) in [5.41, 5.74) is 7.20. The summed E-state index contributed by atoms with van der Waals surface area (Å²) in [4.78, 5) is 6.51. The molecule has 1 atom stereocenters. The minimum Gasteiger partial charge on any atom is -0.409 e. The molecule has 6 nitrogen and oxygen atoms in total. The first-order chi connectivity index (χ1) is 9.72. The van der Waals surface area contributed by atoms with Crippen molar-refractivity contribution in [2.24, 2.45) is 16.8 Å². The molecule has 1 aromatic heterocycles. The normalized spacial score (nSPS) is 21.1. The fraction of sp³-hybridized carbons (Fsp3) is 0.571. The molecule has 1 aromatic rings. The largest absolute Gasteiger partial charge is 0.409 e. The number of rotatable bonds is 5. The van der Waals surface area contributed by atoms with Crippen molar-refractivity contribution >= 4 is 5.84 Å². The number of nitrogens with two attached hydrogens (primary N) is 1. The van der Waals surface area contributed by atoms with Crippen LogP contribution in [0.1, 0.15) is 24.1 Å². The second-order valence-corrected chi connectivity index (χ2v) is 5.23. The van der Waals surface area contributed by atoms with E-state index in [-0.39, 0.29) is 5.84 Å². The number of amidine groups is 1.